The number of aliphatic hydroxyl groups is 1. The van der Waals surface area contributed by atoms with Crippen molar-refractivity contribution in [3.63, 3.8) is 0 Å². The number of rotatable bonds is 6. The number of hydrogen-bond donors (Lipinski definition) is 4. The number of ether oxygens (including phenoxy) is 3. The van der Waals surface area contributed by atoms with Crippen LogP contribution in [-0.2, 0) is 28.6 Å². The molecule has 0 saturated heterocycles. The summed E-state index contributed by atoms with van der Waals surface area (Å²) in [7, 11) is 2.92. The highest BCUT2D eigenvalue weighted by molar-refractivity contribution is 6.23. The van der Waals surface area contributed by atoms with Gasteiger partial charge in [0.1, 0.15) is 6.10 Å². The summed E-state index contributed by atoms with van der Waals surface area (Å²) in [5.41, 5.74) is 6.42. The Kier molecular flexibility index (Phi) is 13.1. The molecule has 0 saturated carbocycles. The highest BCUT2D eigenvalue weighted by atomic mass is 16.6. The predicted molar refractivity (Wildman–Crippen MR) is 158 cm³/mol. The fourth-order valence-electron chi connectivity index (χ4n) is 4.95. The molecule has 1 aliphatic carbocycles. The molecule has 5 N–H and O–H groups in total. The smallest absolute Gasteiger partial charge is 0.405 e. The average Bonchev–Trinajstić information content (AvgIpc) is 2.94. The number of carbonyl (C=O) groups excluding carboxylic acids is 4. The van der Waals surface area contributed by atoms with Gasteiger partial charge in [-0.15, -0.1) is 6.58 Å². The fourth-order valence-corrected chi connectivity index (χ4v) is 4.95. The largest absolute Gasteiger partial charge is 0.439 e. The van der Waals surface area contributed by atoms with Gasteiger partial charge in [-0.1, -0.05) is 44.2 Å². The molecule has 0 aromatic carbocycles. The molecule has 0 aromatic heterocycles. The maximum atomic E-state index is 13.5. The quantitative estimate of drug-likeness (QED) is 0.271. The van der Waals surface area contributed by atoms with Crippen molar-refractivity contribution in [1.82, 2.24) is 10.6 Å². The van der Waals surface area contributed by atoms with E-state index >= 15 is 0 Å². The number of hydrogen-bond acceptors (Lipinski definition) is 9. The summed E-state index contributed by atoms with van der Waals surface area (Å²) in [6.45, 7) is 10.9. The second kappa shape index (κ2) is 16.0. The van der Waals surface area contributed by atoms with Crippen molar-refractivity contribution in [3.8, 4) is 0 Å². The first-order valence-corrected chi connectivity index (χ1v) is 13.8. The van der Waals surface area contributed by atoms with E-state index in [9.17, 15) is 24.3 Å². The van der Waals surface area contributed by atoms with E-state index < -0.39 is 53.9 Å². The highest BCUT2D eigenvalue weighted by Crippen LogP contribution is 2.28. The zero-order valence-electron chi connectivity index (χ0n) is 25.1. The van der Waals surface area contributed by atoms with Crippen LogP contribution in [0.15, 0.2) is 71.1 Å². The van der Waals surface area contributed by atoms with Crippen LogP contribution in [0.25, 0.3) is 0 Å². The topological polar surface area (TPSA) is 166 Å². The highest BCUT2D eigenvalue weighted by Gasteiger charge is 2.33. The number of amides is 2. The Balaban J connectivity index is 2.62. The van der Waals surface area contributed by atoms with Crippen molar-refractivity contribution >= 4 is 23.6 Å². The Morgan fingerprint density at radius 3 is 2.50 bits per heavy atom. The second-order valence-corrected chi connectivity index (χ2v) is 10.6. The van der Waals surface area contributed by atoms with Crippen LogP contribution in [0.2, 0.25) is 0 Å². The van der Waals surface area contributed by atoms with Crippen molar-refractivity contribution in [2.75, 3.05) is 20.8 Å². The van der Waals surface area contributed by atoms with Gasteiger partial charge in [0.2, 0.25) is 11.6 Å². The molecule has 2 amide bonds. The molecule has 2 rings (SSSR count). The van der Waals surface area contributed by atoms with Crippen molar-refractivity contribution in [3.05, 3.63) is 71.1 Å². The van der Waals surface area contributed by atoms with Gasteiger partial charge in [-0.25, -0.2) is 4.79 Å². The van der Waals surface area contributed by atoms with Crippen LogP contribution in [0.5, 0.6) is 0 Å². The molecular weight excluding hydrogens is 542 g/mol. The molecule has 1 unspecified atom stereocenters. The van der Waals surface area contributed by atoms with Crippen LogP contribution in [0.1, 0.15) is 40.5 Å². The molecule has 42 heavy (non-hydrogen) atoms. The Labute approximate surface area is 247 Å². The van der Waals surface area contributed by atoms with Gasteiger partial charge < -0.3 is 35.7 Å². The summed E-state index contributed by atoms with van der Waals surface area (Å²) in [5, 5.41) is 16.7. The standard InChI is InChI=1S/C31H43N3O8/c1-8-12-33-26-21-13-17(2)14-25(41-7)27(36)19(4)15-20(5)29(42-31(32)39)24(40-6)11-9-10-18(3)30(38)34-22(28(21)37)16-23(26)35/h8-11,15-17,19,24-25,27,29,33,36H,1,12-14H2,2-7H3,(H2,32,39)(H,34,38)/b11-9?,18-10+,20-15-/t17-,19+,24+,25+,27-,29?/m1/s1. The third kappa shape index (κ3) is 9.10. The lowest BCUT2D eigenvalue weighted by molar-refractivity contribution is -0.120. The molecule has 0 spiro atoms. The number of allylic oxidation sites excluding steroid dienone is 4. The number of fused-ring (bicyclic) bond motifs is 2. The first kappa shape index (κ1) is 34.4. The number of nitrogens with two attached hydrogens (primary N) is 1. The van der Waals surface area contributed by atoms with Crippen molar-refractivity contribution in [2.24, 2.45) is 17.6 Å². The van der Waals surface area contributed by atoms with Gasteiger partial charge in [-0.3, -0.25) is 14.4 Å². The maximum absolute atomic E-state index is 13.5. The molecule has 0 aromatic rings. The van der Waals surface area contributed by atoms with E-state index in [2.05, 4.69) is 17.2 Å². The van der Waals surface area contributed by atoms with Crippen LogP contribution in [0.3, 0.4) is 0 Å². The lowest BCUT2D eigenvalue weighted by Gasteiger charge is -2.30. The third-order valence-corrected chi connectivity index (χ3v) is 7.22. The summed E-state index contributed by atoms with van der Waals surface area (Å²) >= 11 is 0. The Bertz CT molecular complexity index is 1210. The van der Waals surface area contributed by atoms with Gasteiger partial charge in [0.15, 0.2) is 6.10 Å². The molecule has 0 radical (unpaired) electrons. The predicted octanol–water partition coefficient (Wildman–Crippen LogP) is 2.54. The summed E-state index contributed by atoms with van der Waals surface area (Å²) in [5.74, 6) is -2.14. The van der Waals surface area contributed by atoms with E-state index in [0.717, 1.165) is 6.08 Å². The zero-order valence-corrected chi connectivity index (χ0v) is 25.1. The van der Waals surface area contributed by atoms with Crippen LogP contribution in [0.4, 0.5) is 4.79 Å². The van der Waals surface area contributed by atoms with Gasteiger partial charge in [0, 0.05) is 43.9 Å². The first-order chi connectivity index (χ1) is 19.8. The number of aliphatic hydroxyl groups excluding tert-OH is 1. The summed E-state index contributed by atoms with van der Waals surface area (Å²) in [6, 6.07) is 0. The Hall–Kier alpha value is -3.80. The van der Waals surface area contributed by atoms with Crippen molar-refractivity contribution in [1.29, 1.82) is 0 Å². The van der Waals surface area contributed by atoms with E-state index in [4.69, 9.17) is 19.9 Å². The van der Waals surface area contributed by atoms with E-state index in [0.29, 0.717) is 12.0 Å². The molecule has 1 heterocycles. The second-order valence-electron chi connectivity index (χ2n) is 10.6. The van der Waals surface area contributed by atoms with E-state index in [1.807, 2.05) is 6.92 Å². The van der Waals surface area contributed by atoms with Crippen LogP contribution in [0, 0.1) is 11.8 Å². The third-order valence-electron chi connectivity index (χ3n) is 7.22. The molecular formula is C31H43N3O8. The maximum Gasteiger partial charge on any atom is 0.405 e. The number of primary amides is 1. The van der Waals surface area contributed by atoms with E-state index in [-0.39, 0.29) is 41.4 Å². The van der Waals surface area contributed by atoms with Crippen LogP contribution >= 0.6 is 0 Å². The monoisotopic (exact) mass is 585 g/mol. The van der Waals surface area contributed by atoms with Crippen molar-refractivity contribution in [2.45, 2.75) is 65.0 Å². The normalized spacial score (nSPS) is 30.8. The van der Waals surface area contributed by atoms with Gasteiger partial charge in [0.25, 0.3) is 5.91 Å². The summed E-state index contributed by atoms with van der Waals surface area (Å²) in [4.78, 5) is 51.3. The number of ketones is 2. The van der Waals surface area contributed by atoms with Gasteiger partial charge >= 0.3 is 6.09 Å². The minimum Gasteiger partial charge on any atom is -0.439 e. The molecule has 0 fully saturated rings. The number of Topliss-reactive ketones (excluding diaryl/α,β-unsaturated/α-hetero) is 1. The van der Waals surface area contributed by atoms with Gasteiger partial charge in [0.05, 0.1) is 23.6 Å². The number of methoxy groups -OCH3 is 2. The molecule has 2 bridgehead atoms. The molecule has 11 nitrogen and oxygen atoms in total. The van der Waals surface area contributed by atoms with Crippen molar-refractivity contribution < 1.29 is 38.5 Å². The number of nitrogens with one attached hydrogen (secondary N) is 2. The number of carbonyl (C=O) groups is 4. The van der Waals surface area contributed by atoms with Gasteiger partial charge in [-0.2, -0.15) is 0 Å². The fraction of sp³-hybridized carbons (Fsp3) is 0.484. The minimum atomic E-state index is -1.00. The molecule has 6 atom stereocenters. The lowest BCUT2D eigenvalue weighted by Crippen LogP contribution is -2.37. The van der Waals surface area contributed by atoms with E-state index in [1.54, 1.807) is 45.1 Å². The Morgan fingerprint density at radius 2 is 1.90 bits per heavy atom. The molecule has 2 aliphatic rings. The minimum absolute atomic E-state index is 0.132. The van der Waals surface area contributed by atoms with Gasteiger partial charge in [-0.05, 0) is 38.2 Å². The summed E-state index contributed by atoms with van der Waals surface area (Å²) < 4.78 is 16.6. The lowest BCUT2D eigenvalue weighted by atomic mass is 9.85. The first-order valence-electron chi connectivity index (χ1n) is 13.8. The van der Waals surface area contributed by atoms with E-state index in [1.165, 1.54) is 20.3 Å². The van der Waals surface area contributed by atoms with Crippen LogP contribution < -0.4 is 16.4 Å². The van der Waals surface area contributed by atoms with Crippen LogP contribution in [-0.4, -0.2) is 73.9 Å². The molecule has 230 valence electrons. The summed E-state index contributed by atoms with van der Waals surface area (Å²) in [6.07, 6.45) is 5.34. The molecule has 11 heteroatoms. The zero-order chi connectivity index (χ0) is 31.6. The Morgan fingerprint density at radius 1 is 1.21 bits per heavy atom. The molecule has 1 aliphatic heterocycles. The average molecular weight is 586 g/mol. The SMILES string of the molecule is C=CCNC1=C2C[C@@H](C)C[C@H](OC)[C@H](O)[C@@H](C)/C=C(/C)C(OC(N)=O)[C@@H](OC)C=C/C=C(\C)C(=O)NC(=CC1=O)C2=O.